The molecular formula is C36H44O3S2. The zero-order chi connectivity index (χ0) is 30.5. The fourth-order valence-corrected chi connectivity index (χ4v) is 8.68. The van der Waals surface area contributed by atoms with E-state index >= 15 is 0 Å². The van der Waals surface area contributed by atoms with E-state index in [-0.39, 0.29) is 27.6 Å². The van der Waals surface area contributed by atoms with E-state index in [0.717, 1.165) is 5.56 Å². The van der Waals surface area contributed by atoms with Crippen LogP contribution >= 0.6 is 0 Å². The summed E-state index contributed by atoms with van der Waals surface area (Å²) in [5, 5.41) is 0. The fourth-order valence-electron chi connectivity index (χ4n) is 5.15. The Kier molecular flexibility index (Phi) is 11.0. The summed E-state index contributed by atoms with van der Waals surface area (Å²) in [7, 11) is -4.49. The molecule has 0 heterocycles. The molecular weight excluding hydrogens is 545 g/mol. The second kappa shape index (κ2) is 13.9. The molecule has 0 unspecified atom stereocenters. The molecule has 0 aromatic heterocycles. The zero-order valence-corrected chi connectivity index (χ0v) is 27.5. The van der Waals surface area contributed by atoms with Gasteiger partial charge in [-0.15, -0.1) is 0 Å². The number of aryl methyl sites for hydroxylation is 3. The van der Waals surface area contributed by atoms with Gasteiger partial charge < -0.3 is 4.55 Å². The van der Waals surface area contributed by atoms with Gasteiger partial charge in [-0.25, -0.2) is 8.42 Å². The highest BCUT2D eigenvalue weighted by Gasteiger charge is 2.31. The van der Waals surface area contributed by atoms with Crippen LogP contribution in [0.25, 0.3) is 0 Å². The first kappa shape index (κ1) is 32.7. The first-order valence-electron chi connectivity index (χ1n) is 14.3. The van der Waals surface area contributed by atoms with Gasteiger partial charge in [0.1, 0.15) is 10.1 Å². The Balaban J connectivity index is 0.000000229. The molecule has 4 aromatic rings. The largest absolute Gasteiger partial charge is 0.744 e. The van der Waals surface area contributed by atoms with Gasteiger partial charge in [0.15, 0.2) is 14.7 Å². The molecule has 4 rings (SSSR count). The quantitative estimate of drug-likeness (QED) is 0.159. The second-order valence-corrected chi connectivity index (χ2v) is 14.9. The van der Waals surface area contributed by atoms with Crippen LogP contribution in [0.1, 0.15) is 92.7 Å². The summed E-state index contributed by atoms with van der Waals surface area (Å²) in [6.45, 7) is 18.4. The summed E-state index contributed by atoms with van der Waals surface area (Å²) in [4.78, 5) is 4.21. The van der Waals surface area contributed by atoms with Crippen molar-refractivity contribution in [3.05, 3.63) is 118 Å². The molecule has 0 radical (unpaired) electrons. The van der Waals surface area contributed by atoms with Crippen LogP contribution in [0.15, 0.2) is 105 Å². The summed E-state index contributed by atoms with van der Waals surface area (Å²) in [5.74, 6) is 0.322. The van der Waals surface area contributed by atoms with Crippen LogP contribution in [0.4, 0.5) is 0 Å². The number of hydrogen-bond donors (Lipinski definition) is 0. The average molecular weight is 589 g/mol. The third kappa shape index (κ3) is 8.12. The zero-order valence-electron chi connectivity index (χ0n) is 25.9. The molecule has 41 heavy (non-hydrogen) atoms. The van der Waals surface area contributed by atoms with Crippen LogP contribution in [-0.4, -0.2) is 13.0 Å². The third-order valence-corrected chi connectivity index (χ3v) is 10.6. The lowest BCUT2D eigenvalue weighted by Gasteiger charge is -2.24. The van der Waals surface area contributed by atoms with Crippen molar-refractivity contribution in [2.75, 3.05) is 0 Å². The van der Waals surface area contributed by atoms with E-state index in [0.29, 0.717) is 17.0 Å². The maximum Gasteiger partial charge on any atom is 0.172 e. The minimum atomic E-state index is -4.45. The molecule has 0 fully saturated rings. The fraction of sp³-hybridized carbons (Fsp3) is 0.333. The highest BCUT2D eigenvalue weighted by atomic mass is 32.2. The monoisotopic (exact) mass is 588 g/mol. The Morgan fingerprint density at radius 3 is 1.32 bits per heavy atom. The molecule has 0 aliphatic heterocycles. The smallest absolute Gasteiger partial charge is 0.172 e. The Morgan fingerprint density at radius 1 is 0.610 bits per heavy atom. The molecule has 0 aliphatic rings. The van der Waals surface area contributed by atoms with Gasteiger partial charge in [-0.2, -0.15) is 0 Å². The Bertz CT molecular complexity index is 1460. The molecule has 3 nitrogen and oxygen atoms in total. The minimum Gasteiger partial charge on any atom is -0.744 e. The number of hydrogen-bond acceptors (Lipinski definition) is 3. The van der Waals surface area contributed by atoms with Crippen LogP contribution in [0.5, 0.6) is 0 Å². The van der Waals surface area contributed by atoms with Crippen LogP contribution < -0.4 is 0 Å². The van der Waals surface area contributed by atoms with Crippen molar-refractivity contribution in [2.24, 2.45) is 0 Å². The summed E-state index contributed by atoms with van der Waals surface area (Å²) >= 11 is 0. The van der Waals surface area contributed by atoms with Crippen LogP contribution in [0.3, 0.4) is 0 Å². The third-order valence-electron chi connectivity index (χ3n) is 7.10. The molecule has 0 bridgehead atoms. The highest BCUT2D eigenvalue weighted by Crippen LogP contribution is 2.36. The van der Waals surface area contributed by atoms with E-state index in [1.54, 1.807) is 0 Å². The lowest BCUT2D eigenvalue weighted by molar-refractivity contribution is 0.459. The molecule has 4 aromatic carbocycles. The second-order valence-electron chi connectivity index (χ2n) is 11.6. The predicted molar refractivity (Wildman–Crippen MR) is 172 cm³/mol. The van der Waals surface area contributed by atoms with E-state index in [1.807, 2.05) is 39.8 Å². The van der Waals surface area contributed by atoms with E-state index in [4.69, 9.17) is 0 Å². The number of rotatable bonds is 7. The van der Waals surface area contributed by atoms with Crippen LogP contribution in [-0.2, 0) is 21.0 Å². The lowest BCUT2D eigenvalue weighted by atomic mass is 9.89. The molecule has 218 valence electrons. The Morgan fingerprint density at radius 2 is 1.00 bits per heavy atom. The van der Waals surface area contributed by atoms with Crippen molar-refractivity contribution >= 4 is 21.0 Å². The van der Waals surface area contributed by atoms with Crippen molar-refractivity contribution in [1.82, 2.24) is 0 Å². The van der Waals surface area contributed by atoms with E-state index in [2.05, 4.69) is 107 Å². The summed E-state index contributed by atoms with van der Waals surface area (Å²) < 4.78 is 34.8. The van der Waals surface area contributed by atoms with Gasteiger partial charge in [0.25, 0.3) is 0 Å². The van der Waals surface area contributed by atoms with Gasteiger partial charge in [0.2, 0.25) is 0 Å². The topological polar surface area (TPSA) is 57.2 Å². The predicted octanol–water partition coefficient (Wildman–Crippen LogP) is 9.67. The van der Waals surface area contributed by atoms with Gasteiger partial charge in [0.05, 0.1) is 15.8 Å². The van der Waals surface area contributed by atoms with E-state index in [1.165, 1.54) is 31.4 Å². The lowest BCUT2D eigenvalue weighted by Crippen LogP contribution is -2.11. The van der Waals surface area contributed by atoms with Gasteiger partial charge >= 0.3 is 0 Å². The maximum atomic E-state index is 11.6. The Hall–Kier alpha value is -2.86. The van der Waals surface area contributed by atoms with Crippen molar-refractivity contribution < 1.29 is 13.0 Å². The molecule has 0 amide bonds. The molecule has 0 saturated heterocycles. The standard InChI is InChI=1S/C21H21S.C15H24O3S/c1-16-14-17(2)21(18(3)15-16)22(19-10-6-4-7-11-19)20-12-8-5-9-13-20;1-9(2)12-7-13(10(3)4)15(19(16,17)18)14(8-12)11(5)6/h4-15H,1-3H3;7-11H,1-6H3,(H,16,17,18)/q+1;/p-1. The molecule has 0 saturated carbocycles. The van der Waals surface area contributed by atoms with Crippen LogP contribution in [0, 0.1) is 20.8 Å². The maximum absolute atomic E-state index is 11.6. The minimum absolute atomic E-state index is 0.00919. The van der Waals surface area contributed by atoms with Crippen molar-refractivity contribution in [2.45, 2.75) is 99.6 Å². The van der Waals surface area contributed by atoms with Gasteiger partial charge in [-0.05, 0) is 79.5 Å². The average Bonchev–Trinajstić information content (AvgIpc) is 2.90. The van der Waals surface area contributed by atoms with Gasteiger partial charge in [-0.3, -0.25) is 0 Å². The van der Waals surface area contributed by atoms with E-state index in [9.17, 15) is 13.0 Å². The summed E-state index contributed by atoms with van der Waals surface area (Å²) in [6, 6.07) is 30.0. The highest BCUT2D eigenvalue weighted by molar-refractivity contribution is 7.97. The Labute approximate surface area is 251 Å². The van der Waals surface area contributed by atoms with Crippen molar-refractivity contribution in [3.8, 4) is 0 Å². The molecule has 5 heteroatoms. The molecule has 0 atom stereocenters. The first-order chi connectivity index (χ1) is 19.2. The van der Waals surface area contributed by atoms with Crippen LogP contribution in [0.2, 0.25) is 0 Å². The van der Waals surface area contributed by atoms with Crippen molar-refractivity contribution in [3.63, 3.8) is 0 Å². The molecule has 0 N–H and O–H groups in total. The molecule has 0 spiro atoms. The SMILES string of the molecule is CC(C)c1cc(C(C)C)c(S(=O)(=O)[O-])c(C(C)C)c1.Cc1cc(C)c([S+](c2ccccc2)c2ccccc2)c(C)c1. The van der Waals surface area contributed by atoms with Gasteiger partial charge in [0, 0.05) is 11.1 Å². The first-order valence-corrected chi connectivity index (χ1v) is 16.9. The normalized spacial score (nSPS) is 11.8. The van der Waals surface area contributed by atoms with E-state index < -0.39 is 10.1 Å². The summed E-state index contributed by atoms with van der Waals surface area (Å²) in [6.07, 6.45) is 0. The summed E-state index contributed by atoms with van der Waals surface area (Å²) in [5.41, 5.74) is 6.47. The molecule has 0 aliphatic carbocycles. The van der Waals surface area contributed by atoms with Gasteiger partial charge in [-0.1, -0.05) is 108 Å². The van der Waals surface area contributed by atoms with Crippen molar-refractivity contribution in [1.29, 1.82) is 0 Å². The number of benzene rings is 4.